The summed E-state index contributed by atoms with van der Waals surface area (Å²) in [4.78, 5) is 0. The fourth-order valence-corrected chi connectivity index (χ4v) is 2.49. The van der Waals surface area contributed by atoms with Crippen LogP contribution in [0.15, 0.2) is 45.5 Å². The van der Waals surface area contributed by atoms with Gasteiger partial charge in [-0.1, -0.05) is 25.1 Å². The molecular weight excluding hydrogens is 309 g/mol. The molecule has 2 rings (SSSR count). The number of rotatable bonds is 6. The fraction of sp³-hybridized carbons (Fsp3) is 0.333. The van der Waals surface area contributed by atoms with E-state index in [0.717, 1.165) is 23.2 Å². The minimum absolute atomic E-state index is 0.0266. The Kier molecular flexibility index (Phi) is 5.16. The van der Waals surface area contributed by atoms with Crippen LogP contribution in [0.2, 0.25) is 0 Å². The Labute approximate surface area is 121 Å². The molecule has 102 valence electrons. The molecular formula is C15H17BrFNO. The van der Waals surface area contributed by atoms with Crippen LogP contribution in [-0.2, 0) is 6.42 Å². The van der Waals surface area contributed by atoms with Crippen LogP contribution in [0.5, 0.6) is 0 Å². The first kappa shape index (κ1) is 14.3. The lowest BCUT2D eigenvalue weighted by Gasteiger charge is -2.17. The van der Waals surface area contributed by atoms with E-state index in [1.807, 2.05) is 18.2 Å². The number of hydrogen-bond donors (Lipinski definition) is 1. The molecule has 0 saturated carbocycles. The van der Waals surface area contributed by atoms with Crippen LogP contribution in [-0.4, -0.2) is 6.54 Å². The van der Waals surface area contributed by atoms with Crippen molar-refractivity contribution in [2.75, 3.05) is 6.54 Å². The first-order chi connectivity index (χ1) is 9.22. The van der Waals surface area contributed by atoms with Crippen LogP contribution in [0.4, 0.5) is 4.39 Å². The number of benzene rings is 1. The lowest BCUT2D eigenvalue weighted by Crippen LogP contribution is -2.24. The molecule has 0 aliphatic rings. The summed E-state index contributed by atoms with van der Waals surface area (Å²) in [7, 11) is 0. The Morgan fingerprint density at radius 2 is 2.11 bits per heavy atom. The highest BCUT2D eigenvalue weighted by Crippen LogP contribution is 2.27. The minimum atomic E-state index is -0.173. The predicted molar refractivity (Wildman–Crippen MR) is 77.5 cm³/mol. The maximum absolute atomic E-state index is 13.7. The molecule has 0 radical (unpaired) electrons. The number of furan rings is 1. The summed E-state index contributed by atoms with van der Waals surface area (Å²) in [5.74, 6) is 0.644. The summed E-state index contributed by atoms with van der Waals surface area (Å²) in [6.07, 6.45) is 3.23. The molecule has 0 saturated heterocycles. The molecule has 0 fully saturated rings. The zero-order valence-corrected chi connectivity index (χ0v) is 12.4. The van der Waals surface area contributed by atoms with Crippen LogP contribution in [0.25, 0.3) is 0 Å². The van der Waals surface area contributed by atoms with E-state index in [1.165, 1.54) is 6.07 Å². The topological polar surface area (TPSA) is 25.2 Å². The second-order valence-corrected chi connectivity index (χ2v) is 5.29. The zero-order chi connectivity index (χ0) is 13.7. The van der Waals surface area contributed by atoms with E-state index in [9.17, 15) is 4.39 Å². The maximum Gasteiger partial charge on any atom is 0.135 e. The molecule has 0 amide bonds. The lowest BCUT2D eigenvalue weighted by atomic mass is 10.0. The third-order valence-electron chi connectivity index (χ3n) is 2.98. The first-order valence-electron chi connectivity index (χ1n) is 6.42. The molecule has 1 atom stereocenters. The highest BCUT2D eigenvalue weighted by molar-refractivity contribution is 9.10. The molecule has 1 aromatic carbocycles. The third-order valence-corrected chi connectivity index (χ3v) is 3.64. The van der Waals surface area contributed by atoms with E-state index in [0.29, 0.717) is 12.0 Å². The summed E-state index contributed by atoms with van der Waals surface area (Å²) in [5, 5.41) is 3.40. The molecule has 0 aliphatic heterocycles. The molecule has 0 spiro atoms. The summed E-state index contributed by atoms with van der Waals surface area (Å²) < 4.78 is 20.2. The molecule has 0 aliphatic carbocycles. The lowest BCUT2D eigenvalue weighted by molar-refractivity contribution is 0.404. The summed E-state index contributed by atoms with van der Waals surface area (Å²) in [6.45, 7) is 2.97. The van der Waals surface area contributed by atoms with Crippen molar-refractivity contribution in [3.63, 3.8) is 0 Å². The summed E-state index contributed by atoms with van der Waals surface area (Å²) >= 11 is 3.46. The van der Waals surface area contributed by atoms with Crippen LogP contribution in [0, 0.1) is 5.82 Å². The van der Waals surface area contributed by atoms with Crippen molar-refractivity contribution >= 4 is 15.9 Å². The molecule has 1 heterocycles. The van der Waals surface area contributed by atoms with Gasteiger partial charge in [0.05, 0.1) is 16.8 Å². The fourth-order valence-electron chi connectivity index (χ4n) is 2.01. The Bertz CT molecular complexity index is 526. The van der Waals surface area contributed by atoms with Crippen molar-refractivity contribution in [1.29, 1.82) is 0 Å². The largest absolute Gasteiger partial charge is 0.466 e. The molecule has 0 bridgehead atoms. The van der Waals surface area contributed by atoms with Crippen molar-refractivity contribution in [3.8, 4) is 0 Å². The van der Waals surface area contributed by atoms with Gasteiger partial charge < -0.3 is 9.73 Å². The van der Waals surface area contributed by atoms with Crippen LogP contribution in [0.1, 0.15) is 30.7 Å². The van der Waals surface area contributed by atoms with Crippen LogP contribution in [0.3, 0.4) is 0 Å². The highest BCUT2D eigenvalue weighted by Gasteiger charge is 2.19. The van der Waals surface area contributed by atoms with Gasteiger partial charge >= 0.3 is 0 Å². The Balaban J connectivity index is 2.19. The van der Waals surface area contributed by atoms with Crippen LogP contribution < -0.4 is 5.32 Å². The van der Waals surface area contributed by atoms with E-state index in [-0.39, 0.29) is 11.9 Å². The molecule has 1 unspecified atom stereocenters. The van der Waals surface area contributed by atoms with Crippen molar-refractivity contribution in [3.05, 3.63) is 58.2 Å². The second kappa shape index (κ2) is 6.87. The molecule has 19 heavy (non-hydrogen) atoms. The number of halogens is 2. The average molecular weight is 326 g/mol. The number of hydrogen-bond acceptors (Lipinski definition) is 2. The summed E-state index contributed by atoms with van der Waals surface area (Å²) in [6, 6.07) is 8.69. The van der Waals surface area contributed by atoms with Crippen molar-refractivity contribution < 1.29 is 8.81 Å². The second-order valence-electron chi connectivity index (χ2n) is 4.44. The Morgan fingerprint density at radius 1 is 1.32 bits per heavy atom. The first-order valence-corrected chi connectivity index (χ1v) is 7.21. The quantitative estimate of drug-likeness (QED) is 0.847. The van der Waals surface area contributed by atoms with Gasteiger partial charge in [-0.25, -0.2) is 4.39 Å². The van der Waals surface area contributed by atoms with Gasteiger partial charge in [0.25, 0.3) is 0 Å². The monoisotopic (exact) mass is 325 g/mol. The van der Waals surface area contributed by atoms with E-state index in [4.69, 9.17) is 4.42 Å². The van der Waals surface area contributed by atoms with Gasteiger partial charge in [0.2, 0.25) is 0 Å². The Morgan fingerprint density at radius 3 is 2.74 bits per heavy atom. The average Bonchev–Trinajstić information content (AvgIpc) is 2.83. The van der Waals surface area contributed by atoms with Gasteiger partial charge in [0.15, 0.2) is 0 Å². The standard InChI is InChI=1S/C15H17BrFNO/c1-2-8-18-14(15-12(16)7-9-19-15)10-11-5-3-4-6-13(11)17/h3-7,9,14,18H,2,8,10H2,1H3. The van der Waals surface area contributed by atoms with Gasteiger partial charge in [-0.05, 0) is 53.0 Å². The molecule has 2 aromatic rings. The number of nitrogens with one attached hydrogen (secondary N) is 1. The molecule has 1 N–H and O–H groups in total. The molecule has 1 aromatic heterocycles. The minimum Gasteiger partial charge on any atom is -0.466 e. The molecule has 4 heteroatoms. The van der Waals surface area contributed by atoms with Crippen molar-refractivity contribution in [2.45, 2.75) is 25.8 Å². The molecule has 2 nitrogen and oxygen atoms in total. The van der Waals surface area contributed by atoms with Crippen molar-refractivity contribution in [2.24, 2.45) is 0 Å². The van der Waals surface area contributed by atoms with Gasteiger partial charge in [0.1, 0.15) is 11.6 Å². The maximum atomic E-state index is 13.7. The zero-order valence-electron chi connectivity index (χ0n) is 10.8. The highest BCUT2D eigenvalue weighted by atomic mass is 79.9. The van der Waals surface area contributed by atoms with E-state index < -0.39 is 0 Å². The Hall–Kier alpha value is -1.13. The van der Waals surface area contributed by atoms with E-state index >= 15 is 0 Å². The predicted octanol–water partition coefficient (Wildman–Crippen LogP) is 4.46. The van der Waals surface area contributed by atoms with Crippen LogP contribution >= 0.6 is 15.9 Å². The van der Waals surface area contributed by atoms with E-state index in [1.54, 1.807) is 12.3 Å². The smallest absolute Gasteiger partial charge is 0.135 e. The van der Waals surface area contributed by atoms with Gasteiger partial charge in [-0.15, -0.1) is 0 Å². The van der Waals surface area contributed by atoms with Gasteiger partial charge in [-0.2, -0.15) is 0 Å². The normalized spacial score (nSPS) is 12.6. The summed E-state index contributed by atoms with van der Waals surface area (Å²) in [5.41, 5.74) is 0.694. The van der Waals surface area contributed by atoms with E-state index in [2.05, 4.69) is 28.2 Å². The third kappa shape index (κ3) is 3.67. The SMILES string of the molecule is CCCNC(Cc1ccccc1F)c1occc1Br. The van der Waals surface area contributed by atoms with Gasteiger partial charge in [-0.3, -0.25) is 0 Å². The van der Waals surface area contributed by atoms with Crippen molar-refractivity contribution in [1.82, 2.24) is 5.32 Å². The van der Waals surface area contributed by atoms with Gasteiger partial charge in [0, 0.05) is 0 Å².